The molecule has 0 aliphatic carbocycles. The van der Waals surface area contributed by atoms with E-state index in [4.69, 9.17) is 21.1 Å². The number of rotatable bonds is 10. The van der Waals surface area contributed by atoms with Crippen molar-refractivity contribution in [2.45, 2.75) is 25.6 Å². The Morgan fingerprint density at radius 3 is 2.70 bits per heavy atom. The fourth-order valence-electron chi connectivity index (χ4n) is 3.81. The molecular weight excluding hydrogens is 440 g/mol. The number of methoxy groups -OCH3 is 1. The van der Waals surface area contributed by atoms with Crippen molar-refractivity contribution in [2.75, 3.05) is 7.11 Å². The summed E-state index contributed by atoms with van der Waals surface area (Å²) in [4.78, 5) is 15.2. The van der Waals surface area contributed by atoms with Crippen molar-refractivity contribution in [3.05, 3.63) is 94.6 Å². The van der Waals surface area contributed by atoms with Gasteiger partial charge >= 0.3 is 5.97 Å². The van der Waals surface area contributed by atoms with Gasteiger partial charge in [0, 0.05) is 40.7 Å². The fourth-order valence-corrected chi connectivity index (χ4v) is 4.02. The lowest BCUT2D eigenvalue weighted by molar-refractivity contribution is -0.139. The van der Waals surface area contributed by atoms with Gasteiger partial charge in [-0.05, 0) is 35.4 Å². The van der Waals surface area contributed by atoms with Crippen molar-refractivity contribution in [1.82, 2.24) is 10.3 Å². The van der Waals surface area contributed by atoms with E-state index in [1.54, 1.807) is 7.11 Å². The van der Waals surface area contributed by atoms with E-state index in [1.165, 1.54) is 0 Å². The van der Waals surface area contributed by atoms with Crippen LogP contribution < -0.4 is 14.8 Å². The zero-order valence-electron chi connectivity index (χ0n) is 18.2. The van der Waals surface area contributed by atoms with Crippen LogP contribution in [-0.2, 0) is 24.4 Å². The highest BCUT2D eigenvalue weighted by Gasteiger charge is 2.21. The molecule has 0 saturated heterocycles. The molecule has 3 aromatic carbocycles. The average Bonchev–Trinajstić information content (AvgIpc) is 3.23. The summed E-state index contributed by atoms with van der Waals surface area (Å²) in [7, 11) is 1.58. The molecule has 170 valence electrons. The van der Waals surface area contributed by atoms with Gasteiger partial charge in [0.25, 0.3) is 0 Å². The normalized spacial score (nSPS) is 11.9. The van der Waals surface area contributed by atoms with Gasteiger partial charge in [0.1, 0.15) is 12.6 Å². The molecule has 6 nitrogen and oxygen atoms in total. The third-order valence-electron chi connectivity index (χ3n) is 5.49. The molecule has 0 spiro atoms. The van der Waals surface area contributed by atoms with E-state index in [-0.39, 0.29) is 0 Å². The second-order valence-electron chi connectivity index (χ2n) is 7.70. The van der Waals surface area contributed by atoms with Gasteiger partial charge in [-0.1, -0.05) is 54.1 Å². The first kappa shape index (κ1) is 22.7. The number of hydrogen-bond acceptors (Lipinski definition) is 4. The van der Waals surface area contributed by atoms with Crippen molar-refractivity contribution in [1.29, 1.82) is 0 Å². The summed E-state index contributed by atoms with van der Waals surface area (Å²) in [6, 6.07) is 20.1. The van der Waals surface area contributed by atoms with Crippen LogP contribution in [0.3, 0.4) is 0 Å². The number of H-pyrrole nitrogens is 1. The minimum atomic E-state index is -0.912. The standard InChI is InChI=1S/C26H25ClN2O4/c1-32-24-11-5-7-18(25(24)33-16-17-6-4-8-20(27)12-17)14-29-23(26(30)31)13-19-15-28-22-10-3-2-9-21(19)22/h2-12,15,23,28-29H,13-14,16H2,1H3,(H,30,31)/t23-/m1/s1. The second-order valence-corrected chi connectivity index (χ2v) is 8.14. The van der Waals surface area contributed by atoms with Crippen LogP contribution in [0, 0.1) is 0 Å². The van der Waals surface area contributed by atoms with Gasteiger partial charge in [0.15, 0.2) is 11.5 Å². The van der Waals surface area contributed by atoms with Crippen molar-refractivity contribution >= 4 is 28.5 Å². The molecule has 3 N–H and O–H groups in total. The molecule has 0 bridgehead atoms. The Labute approximate surface area is 197 Å². The van der Waals surface area contributed by atoms with Gasteiger partial charge in [-0.2, -0.15) is 0 Å². The van der Waals surface area contributed by atoms with Gasteiger partial charge < -0.3 is 19.6 Å². The predicted molar refractivity (Wildman–Crippen MR) is 129 cm³/mol. The molecule has 33 heavy (non-hydrogen) atoms. The zero-order valence-corrected chi connectivity index (χ0v) is 18.9. The number of hydrogen-bond donors (Lipinski definition) is 3. The number of nitrogens with one attached hydrogen (secondary N) is 2. The highest BCUT2D eigenvalue weighted by Crippen LogP contribution is 2.32. The Bertz CT molecular complexity index is 1250. The van der Waals surface area contributed by atoms with E-state index in [0.29, 0.717) is 36.1 Å². The third kappa shape index (κ3) is 5.48. The SMILES string of the molecule is COc1cccc(CN[C@H](Cc2c[nH]c3ccccc23)C(=O)O)c1OCc1cccc(Cl)c1. The third-order valence-corrected chi connectivity index (χ3v) is 5.72. The number of aromatic amines is 1. The summed E-state index contributed by atoms with van der Waals surface area (Å²) >= 11 is 6.08. The van der Waals surface area contributed by atoms with E-state index in [1.807, 2.05) is 72.9 Å². The molecule has 0 unspecified atom stereocenters. The Kier molecular flexibility index (Phi) is 7.17. The van der Waals surface area contributed by atoms with Gasteiger partial charge in [-0.15, -0.1) is 0 Å². The van der Waals surface area contributed by atoms with E-state index < -0.39 is 12.0 Å². The topological polar surface area (TPSA) is 83.6 Å². The number of aromatic nitrogens is 1. The number of benzene rings is 3. The lowest BCUT2D eigenvalue weighted by atomic mass is 10.0. The van der Waals surface area contributed by atoms with Crippen LogP contribution in [0.5, 0.6) is 11.5 Å². The van der Waals surface area contributed by atoms with E-state index in [9.17, 15) is 9.90 Å². The minimum absolute atomic E-state index is 0.307. The van der Waals surface area contributed by atoms with Crippen LogP contribution in [0.25, 0.3) is 10.9 Å². The monoisotopic (exact) mass is 464 g/mol. The van der Waals surface area contributed by atoms with Crippen LogP contribution in [0.15, 0.2) is 72.9 Å². The molecule has 0 aliphatic rings. The van der Waals surface area contributed by atoms with Crippen molar-refractivity contribution < 1.29 is 19.4 Å². The summed E-state index contributed by atoms with van der Waals surface area (Å²) in [5.41, 5.74) is 3.67. The maximum Gasteiger partial charge on any atom is 0.321 e. The number of carbonyl (C=O) groups is 1. The van der Waals surface area contributed by atoms with Gasteiger partial charge in [-0.25, -0.2) is 0 Å². The van der Waals surface area contributed by atoms with E-state index >= 15 is 0 Å². The highest BCUT2D eigenvalue weighted by atomic mass is 35.5. The number of aliphatic carboxylic acids is 1. The predicted octanol–water partition coefficient (Wildman–Crippen LogP) is 5.19. The number of fused-ring (bicyclic) bond motifs is 1. The lowest BCUT2D eigenvalue weighted by Gasteiger charge is -2.18. The highest BCUT2D eigenvalue weighted by molar-refractivity contribution is 6.30. The summed E-state index contributed by atoms with van der Waals surface area (Å²) in [6.07, 6.45) is 2.22. The largest absolute Gasteiger partial charge is 0.493 e. The summed E-state index contributed by atoms with van der Waals surface area (Å²) in [6.45, 7) is 0.618. The molecule has 1 aromatic heterocycles. The molecule has 1 heterocycles. The summed E-state index contributed by atoms with van der Waals surface area (Å²) in [5.74, 6) is 0.244. The molecule has 1 atom stereocenters. The number of para-hydroxylation sites is 2. The number of carboxylic acids is 1. The maximum atomic E-state index is 12.0. The smallest absolute Gasteiger partial charge is 0.321 e. The summed E-state index contributed by atoms with van der Waals surface area (Å²) in [5, 5.41) is 14.7. The number of carboxylic acid groups (broad SMARTS) is 1. The zero-order chi connectivity index (χ0) is 23.2. The molecule has 0 fully saturated rings. The van der Waals surface area contributed by atoms with Crippen molar-refractivity contribution in [3.8, 4) is 11.5 Å². The minimum Gasteiger partial charge on any atom is -0.493 e. The Morgan fingerprint density at radius 1 is 1.09 bits per heavy atom. The number of halogens is 1. The Balaban J connectivity index is 1.50. The van der Waals surface area contributed by atoms with Crippen LogP contribution in [0.2, 0.25) is 5.02 Å². The van der Waals surface area contributed by atoms with E-state index in [0.717, 1.165) is 27.6 Å². The first-order valence-corrected chi connectivity index (χ1v) is 11.0. The number of ether oxygens (including phenoxy) is 2. The van der Waals surface area contributed by atoms with Crippen LogP contribution >= 0.6 is 11.6 Å². The first-order valence-electron chi connectivity index (χ1n) is 10.6. The van der Waals surface area contributed by atoms with Crippen LogP contribution in [0.4, 0.5) is 0 Å². The van der Waals surface area contributed by atoms with Gasteiger partial charge in [-0.3, -0.25) is 10.1 Å². The van der Waals surface area contributed by atoms with E-state index in [2.05, 4.69) is 10.3 Å². The molecular formula is C26H25ClN2O4. The van der Waals surface area contributed by atoms with Crippen molar-refractivity contribution in [2.24, 2.45) is 0 Å². The second kappa shape index (κ2) is 10.4. The lowest BCUT2D eigenvalue weighted by Crippen LogP contribution is -2.38. The van der Waals surface area contributed by atoms with Crippen LogP contribution in [0.1, 0.15) is 16.7 Å². The van der Waals surface area contributed by atoms with Gasteiger partial charge in [0.2, 0.25) is 0 Å². The first-order chi connectivity index (χ1) is 16.0. The molecule has 0 aliphatic heterocycles. The Hall–Kier alpha value is -3.48. The average molecular weight is 465 g/mol. The summed E-state index contributed by atoms with van der Waals surface area (Å²) < 4.78 is 11.6. The van der Waals surface area contributed by atoms with Crippen LogP contribution in [-0.4, -0.2) is 29.2 Å². The molecule has 7 heteroatoms. The van der Waals surface area contributed by atoms with Gasteiger partial charge in [0.05, 0.1) is 7.11 Å². The van der Waals surface area contributed by atoms with Crippen molar-refractivity contribution in [3.63, 3.8) is 0 Å². The molecule has 4 aromatic rings. The molecule has 4 rings (SSSR count). The molecule has 0 amide bonds. The fraction of sp³-hybridized carbons (Fsp3) is 0.192. The molecule has 0 saturated carbocycles. The maximum absolute atomic E-state index is 12.0. The quantitative estimate of drug-likeness (QED) is 0.300. The molecule has 0 radical (unpaired) electrons. The Morgan fingerprint density at radius 2 is 1.91 bits per heavy atom.